The number of halogens is 2. The zero-order valence-electron chi connectivity index (χ0n) is 11.1. The van der Waals surface area contributed by atoms with E-state index in [1.807, 2.05) is 32.2 Å². The summed E-state index contributed by atoms with van der Waals surface area (Å²) < 4.78 is 0. The molecule has 0 amide bonds. The molecule has 0 fully saturated rings. The van der Waals surface area contributed by atoms with E-state index < -0.39 is 0 Å². The summed E-state index contributed by atoms with van der Waals surface area (Å²) in [7, 11) is 1.91. The molecule has 5 heteroatoms. The van der Waals surface area contributed by atoms with Gasteiger partial charge in [-0.3, -0.25) is 0 Å². The largest absolute Gasteiger partial charge is 0.313 e. The van der Waals surface area contributed by atoms with Gasteiger partial charge in [0.1, 0.15) is 0 Å². The molecule has 2 aromatic rings. The first-order chi connectivity index (χ1) is 9.02. The summed E-state index contributed by atoms with van der Waals surface area (Å²) in [6.07, 6.45) is 0.791. The van der Waals surface area contributed by atoms with Gasteiger partial charge in [0.25, 0.3) is 0 Å². The number of likely N-dealkylation sites (N-methyl/N-ethyl adjacent to an activating group) is 1. The fraction of sp³-hybridized carbons (Fsp3) is 0.357. The van der Waals surface area contributed by atoms with E-state index in [0.29, 0.717) is 10.0 Å². The Morgan fingerprint density at radius 2 is 1.89 bits per heavy atom. The third-order valence-corrected chi connectivity index (χ3v) is 4.90. The van der Waals surface area contributed by atoms with Gasteiger partial charge < -0.3 is 5.32 Å². The number of rotatable bonds is 4. The molecule has 0 saturated heterocycles. The molecule has 0 radical (unpaired) electrons. The van der Waals surface area contributed by atoms with Gasteiger partial charge in [-0.05, 0) is 33.0 Å². The van der Waals surface area contributed by atoms with Crippen molar-refractivity contribution in [1.82, 2.24) is 10.3 Å². The third-order valence-electron chi connectivity index (χ3n) is 3.15. The van der Waals surface area contributed by atoms with Crippen LogP contribution in [0.5, 0.6) is 0 Å². The van der Waals surface area contributed by atoms with E-state index >= 15 is 0 Å². The number of aryl methyl sites for hydroxylation is 2. The molecule has 0 aliphatic carbocycles. The summed E-state index contributed by atoms with van der Waals surface area (Å²) in [5, 5.41) is 5.76. The number of aromatic nitrogens is 1. The lowest BCUT2D eigenvalue weighted by atomic mass is 10.0. The monoisotopic (exact) mass is 314 g/mol. The van der Waals surface area contributed by atoms with Crippen molar-refractivity contribution in [3.8, 4) is 0 Å². The SMILES string of the molecule is CNC(Cc1nc(C)c(C)s1)c1c(Cl)cccc1Cl. The molecule has 0 saturated carbocycles. The summed E-state index contributed by atoms with van der Waals surface area (Å²) in [6.45, 7) is 4.12. The van der Waals surface area contributed by atoms with Gasteiger partial charge in [-0.2, -0.15) is 0 Å². The highest BCUT2D eigenvalue weighted by atomic mass is 35.5. The number of benzene rings is 1. The molecule has 2 rings (SSSR count). The van der Waals surface area contributed by atoms with Crippen molar-refractivity contribution in [3.05, 3.63) is 49.4 Å². The first-order valence-corrected chi connectivity index (χ1v) is 7.64. The van der Waals surface area contributed by atoms with Gasteiger partial charge in [-0.1, -0.05) is 29.3 Å². The summed E-state index contributed by atoms with van der Waals surface area (Å²) in [5.41, 5.74) is 2.04. The van der Waals surface area contributed by atoms with Crippen molar-refractivity contribution in [2.45, 2.75) is 26.3 Å². The summed E-state index contributed by atoms with van der Waals surface area (Å²) in [6, 6.07) is 5.67. The van der Waals surface area contributed by atoms with Crippen LogP contribution in [0.3, 0.4) is 0 Å². The molecule has 2 nitrogen and oxygen atoms in total. The van der Waals surface area contributed by atoms with Gasteiger partial charge in [0.15, 0.2) is 0 Å². The Bertz CT molecular complexity index is 541. The van der Waals surface area contributed by atoms with Crippen LogP contribution in [0, 0.1) is 13.8 Å². The first kappa shape index (κ1) is 14.8. The standard InChI is InChI=1S/C14H16Cl2N2S/c1-8-9(2)19-13(18-8)7-12(17-3)14-10(15)5-4-6-11(14)16/h4-6,12,17H,7H2,1-3H3. The summed E-state index contributed by atoms with van der Waals surface area (Å²) >= 11 is 14.3. The van der Waals surface area contributed by atoms with E-state index in [0.717, 1.165) is 22.7 Å². The van der Waals surface area contributed by atoms with Crippen LogP contribution < -0.4 is 5.32 Å². The Hall–Kier alpha value is -0.610. The topological polar surface area (TPSA) is 24.9 Å². The highest BCUT2D eigenvalue weighted by Crippen LogP contribution is 2.33. The molecular weight excluding hydrogens is 299 g/mol. The predicted molar refractivity (Wildman–Crippen MR) is 83.6 cm³/mol. The molecule has 1 heterocycles. The van der Waals surface area contributed by atoms with Gasteiger partial charge in [0.2, 0.25) is 0 Å². The van der Waals surface area contributed by atoms with Gasteiger partial charge in [0.05, 0.1) is 10.7 Å². The number of hydrogen-bond donors (Lipinski definition) is 1. The molecule has 1 unspecified atom stereocenters. The van der Waals surface area contributed by atoms with Crippen LogP contribution in [-0.4, -0.2) is 12.0 Å². The lowest BCUT2D eigenvalue weighted by Crippen LogP contribution is -2.19. The molecule has 1 aromatic heterocycles. The van der Waals surface area contributed by atoms with Crippen LogP contribution in [0.2, 0.25) is 10.0 Å². The minimum atomic E-state index is 0.0751. The van der Waals surface area contributed by atoms with E-state index in [9.17, 15) is 0 Å². The second kappa shape index (κ2) is 6.23. The van der Waals surface area contributed by atoms with Crippen molar-refractivity contribution in [3.63, 3.8) is 0 Å². The van der Waals surface area contributed by atoms with Crippen molar-refractivity contribution in [2.24, 2.45) is 0 Å². The van der Waals surface area contributed by atoms with Crippen molar-refractivity contribution in [1.29, 1.82) is 0 Å². The lowest BCUT2D eigenvalue weighted by molar-refractivity contribution is 0.590. The number of nitrogens with one attached hydrogen (secondary N) is 1. The van der Waals surface area contributed by atoms with Crippen LogP contribution >= 0.6 is 34.5 Å². The van der Waals surface area contributed by atoms with Crippen LogP contribution in [-0.2, 0) is 6.42 Å². The average molecular weight is 315 g/mol. The van der Waals surface area contributed by atoms with E-state index in [2.05, 4.69) is 17.2 Å². The molecule has 0 aliphatic rings. The molecule has 1 N–H and O–H groups in total. The highest BCUT2D eigenvalue weighted by Gasteiger charge is 2.18. The lowest BCUT2D eigenvalue weighted by Gasteiger charge is -2.18. The quantitative estimate of drug-likeness (QED) is 0.894. The zero-order chi connectivity index (χ0) is 14.0. The van der Waals surface area contributed by atoms with Gasteiger partial charge in [0, 0.05) is 32.9 Å². The van der Waals surface area contributed by atoms with E-state index in [-0.39, 0.29) is 6.04 Å². The highest BCUT2D eigenvalue weighted by molar-refractivity contribution is 7.11. The van der Waals surface area contributed by atoms with E-state index in [4.69, 9.17) is 23.2 Å². The number of thiazole rings is 1. The normalized spacial score (nSPS) is 12.7. The summed E-state index contributed by atoms with van der Waals surface area (Å²) in [4.78, 5) is 5.83. The average Bonchev–Trinajstić information content (AvgIpc) is 2.67. The van der Waals surface area contributed by atoms with Crippen LogP contribution in [0.15, 0.2) is 18.2 Å². The first-order valence-electron chi connectivity index (χ1n) is 6.07. The Kier molecular flexibility index (Phi) is 4.85. The second-order valence-corrected chi connectivity index (χ2v) is 6.53. The molecule has 19 heavy (non-hydrogen) atoms. The Labute approximate surface area is 127 Å². The summed E-state index contributed by atoms with van der Waals surface area (Å²) in [5.74, 6) is 0. The van der Waals surface area contributed by atoms with Gasteiger partial charge >= 0.3 is 0 Å². The van der Waals surface area contributed by atoms with Gasteiger partial charge in [-0.25, -0.2) is 4.98 Å². The minimum absolute atomic E-state index is 0.0751. The van der Waals surface area contributed by atoms with E-state index in [1.54, 1.807) is 11.3 Å². The molecule has 1 aromatic carbocycles. The molecular formula is C14H16Cl2N2S. The van der Waals surface area contributed by atoms with Crippen molar-refractivity contribution >= 4 is 34.5 Å². The number of hydrogen-bond acceptors (Lipinski definition) is 3. The van der Waals surface area contributed by atoms with Crippen LogP contribution in [0.25, 0.3) is 0 Å². The zero-order valence-corrected chi connectivity index (χ0v) is 13.5. The van der Waals surface area contributed by atoms with E-state index in [1.165, 1.54) is 4.88 Å². The number of nitrogens with zero attached hydrogens (tertiary/aromatic N) is 1. The Morgan fingerprint density at radius 1 is 1.26 bits per heavy atom. The minimum Gasteiger partial charge on any atom is -0.313 e. The van der Waals surface area contributed by atoms with Gasteiger partial charge in [-0.15, -0.1) is 11.3 Å². The van der Waals surface area contributed by atoms with Crippen LogP contribution in [0.1, 0.15) is 27.2 Å². The second-order valence-electron chi connectivity index (χ2n) is 4.43. The smallest absolute Gasteiger partial charge is 0.0949 e. The Balaban J connectivity index is 2.30. The fourth-order valence-corrected chi connectivity index (χ4v) is 3.63. The predicted octanol–water partition coefficient (Wildman–Crippen LogP) is 4.57. The fourth-order valence-electron chi connectivity index (χ4n) is 1.99. The molecule has 102 valence electrons. The molecule has 1 atom stereocenters. The Morgan fingerprint density at radius 3 is 2.37 bits per heavy atom. The van der Waals surface area contributed by atoms with Crippen LogP contribution in [0.4, 0.5) is 0 Å². The maximum Gasteiger partial charge on any atom is 0.0949 e. The van der Waals surface area contributed by atoms with Crippen molar-refractivity contribution in [2.75, 3.05) is 7.05 Å². The molecule has 0 bridgehead atoms. The maximum absolute atomic E-state index is 6.26. The molecule has 0 aliphatic heterocycles. The molecule has 0 spiro atoms. The third kappa shape index (κ3) is 3.29. The maximum atomic E-state index is 6.26. The van der Waals surface area contributed by atoms with Crippen molar-refractivity contribution < 1.29 is 0 Å².